The van der Waals surface area contributed by atoms with Crippen LogP contribution in [0, 0.1) is 5.92 Å². The van der Waals surface area contributed by atoms with Crippen molar-refractivity contribution < 1.29 is 33.0 Å². The van der Waals surface area contributed by atoms with E-state index in [-0.39, 0.29) is 24.3 Å². The highest BCUT2D eigenvalue weighted by atomic mass is 19.4. The maximum absolute atomic E-state index is 12.7. The Morgan fingerprint density at radius 1 is 1.25 bits per heavy atom. The van der Waals surface area contributed by atoms with E-state index in [9.17, 15) is 27.9 Å². The largest absolute Gasteiger partial charge is 0.480 e. The molecule has 2 atom stereocenters. The van der Waals surface area contributed by atoms with Crippen LogP contribution in [-0.2, 0) is 22.2 Å². The molecule has 0 bridgehead atoms. The molecule has 0 heterocycles. The van der Waals surface area contributed by atoms with Crippen LogP contribution in [0.1, 0.15) is 31.4 Å². The van der Waals surface area contributed by atoms with E-state index in [0.717, 1.165) is 12.1 Å². The van der Waals surface area contributed by atoms with Gasteiger partial charge in [0, 0.05) is 6.42 Å². The molecule has 134 valence electrons. The second-order valence-electron chi connectivity index (χ2n) is 5.95. The number of nitrogens with one attached hydrogen (secondary N) is 1. The Balaban J connectivity index is 2.84. The van der Waals surface area contributed by atoms with Crippen LogP contribution in [0.2, 0.25) is 0 Å². The Hall–Kier alpha value is -2.09. The van der Waals surface area contributed by atoms with Crippen molar-refractivity contribution in [3.05, 3.63) is 35.4 Å². The highest BCUT2D eigenvalue weighted by Crippen LogP contribution is 2.29. The van der Waals surface area contributed by atoms with Crippen LogP contribution in [0.25, 0.3) is 0 Å². The lowest BCUT2D eigenvalue weighted by atomic mass is 10.0. The number of aliphatic hydroxyl groups excluding tert-OH is 1. The van der Waals surface area contributed by atoms with Crippen LogP contribution in [-0.4, -0.2) is 34.2 Å². The van der Waals surface area contributed by atoms with E-state index < -0.39 is 35.8 Å². The van der Waals surface area contributed by atoms with Crippen molar-refractivity contribution >= 4 is 11.9 Å². The van der Waals surface area contributed by atoms with Crippen LogP contribution in [0.5, 0.6) is 0 Å². The number of hydrogen-bond donors (Lipinski definition) is 3. The van der Waals surface area contributed by atoms with Crippen molar-refractivity contribution in [2.24, 2.45) is 5.92 Å². The molecule has 0 saturated heterocycles. The van der Waals surface area contributed by atoms with Gasteiger partial charge in [0.15, 0.2) is 0 Å². The zero-order valence-electron chi connectivity index (χ0n) is 13.3. The van der Waals surface area contributed by atoms with Crippen molar-refractivity contribution in [3.8, 4) is 0 Å². The van der Waals surface area contributed by atoms with Crippen molar-refractivity contribution in [1.82, 2.24) is 5.32 Å². The molecule has 1 amide bonds. The molecule has 0 aliphatic carbocycles. The first-order valence-electron chi connectivity index (χ1n) is 7.38. The summed E-state index contributed by atoms with van der Waals surface area (Å²) in [6.07, 6.45) is -6.07. The number of hydrogen-bond acceptors (Lipinski definition) is 3. The summed E-state index contributed by atoms with van der Waals surface area (Å²) >= 11 is 0. The van der Waals surface area contributed by atoms with Crippen LogP contribution < -0.4 is 5.32 Å². The molecule has 0 spiro atoms. The summed E-state index contributed by atoms with van der Waals surface area (Å²) < 4.78 is 38.0. The SMILES string of the molecule is CC(C)C[C@H](O)C(=O)N[C@@H](Cc1cccc(C(F)(F)F)c1)C(=O)O. The van der Waals surface area contributed by atoms with E-state index in [0.29, 0.717) is 0 Å². The van der Waals surface area contributed by atoms with Crippen molar-refractivity contribution in [1.29, 1.82) is 0 Å². The van der Waals surface area contributed by atoms with Crippen LogP contribution in [0.4, 0.5) is 13.2 Å². The molecule has 1 rings (SSSR count). The van der Waals surface area contributed by atoms with Gasteiger partial charge in [-0.05, 0) is 24.0 Å². The van der Waals surface area contributed by atoms with Crippen LogP contribution in [0.15, 0.2) is 24.3 Å². The minimum Gasteiger partial charge on any atom is -0.480 e. The molecule has 3 N–H and O–H groups in total. The lowest BCUT2D eigenvalue weighted by Crippen LogP contribution is -2.46. The number of benzene rings is 1. The van der Waals surface area contributed by atoms with Crippen molar-refractivity contribution in [2.45, 2.75) is 45.0 Å². The number of carboxylic acid groups (broad SMARTS) is 1. The predicted octanol–water partition coefficient (Wildman–Crippen LogP) is 2.22. The lowest BCUT2D eigenvalue weighted by Gasteiger charge is -2.19. The van der Waals surface area contributed by atoms with Crippen LogP contribution in [0.3, 0.4) is 0 Å². The monoisotopic (exact) mass is 347 g/mol. The maximum Gasteiger partial charge on any atom is 0.416 e. The van der Waals surface area contributed by atoms with Crippen LogP contribution >= 0.6 is 0 Å². The number of rotatable bonds is 7. The predicted molar refractivity (Wildman–Crippen MR) is 80.2 cm³/mol. The third-order valence-corrected chi connectivity index (χ3v) is 3.31. The summed E-state index contributed by atoms with van der Waals surface area (Å²) in [6.45, 7) is 3.57. The van der Waals surface area contributed by atoms with Gasteiger partial charge in [0.25, 0.3) is 0 Å². The molecule has 0 radical (unpaired) electrons. The first-order valence-corrected chi connectivity index (χ1v) is 7.38. The van der Waals surface area contributed by atoms with Gasteiger partial charge in [-0.1, -0.05) is 32.0 Å². The molecule has 1 aromatic carbocycles. The molecule has 0 fully saturated rings. The topological polar surface area (TPSA) is 86.6 Å². The highest BCUT2D eigenvalue weighted by Gasteiger charge is 2.31. The number of aliphatic carboxylic acids is 1. The molecule has 0 aromatic heterocycles. The Morgan fingerprint density at radius 3 is 2.38 bits per heavy atom. The summed E-state index contributed by atoms with van der Waals surface area (Å²) in [5.41, 5.74) is -0.772. The standard InChI is InChI=1S/C16H20F3NO4/c1-9(2)6-13(21)14(22)20-12(15(23)24)8-10-4-3-5-11(7-10)16(17,18)19/h3-5,7,9,12-13,21H,6,8H2,1-2H3,(H,20,22)(H,23,24)/t12-,13-/m0/s1. The molecule has 5 nitrogen and oxygen atoms in total. The van der Waals surface area contributed by atoms with Gasteiger partial charge >= 0.3 is 12.1 Å². The first kappa shape index (κ1) is 20.0. The fraction of sp³-hybridized carbons (Fsp3) is 0.500. The van der Waals surface area contributed by atoms with E-state index in [1.165, 1.54) is 12.1 Å². The normalized spacial score (nSPS) is 14.3. The second kappa shape index (κ2) is 8.14. The fourth-order valence-electron chi connectivity index (χ4n) is 2.13. The Kier molecular flexibility index (Phi) is 6.77. The zero-order valence-corrected chi connectivity index (χ0v) is 13.3. The first-order chi connectivity index (χ1) is 11.0. The molecule has 0 unspecified atom stereocenters. The zero-order chi connectivity index (χ0) is 18.5. The minimum atomic E-state index is -4.54. The quantitative estimate of drug-likeness (QED) is 0.706. The molecule has 0 saturated carbocycles. The summed E-state index contributed by atoms with van der Waals surface area (Å²) in [6, 6.07) is 2.81. The number of halogens is 3. The van der Waals surface area contributed by atoms with Gasteiger partial charge < -0.3 is 15.5 Å². The van der Waals surface area contributed by atoms with Gasteiger partial charge in [-0.15, -0.1) is 0 Å². The van der Waals surface area contributed by atoms with Crippen molar-refractivity contribution in [2.75, 3.05) is 0 Å². The van der Waals surface area contributed by atoms with E-state index in [4.69, 9.17) is 5.11 Å². The molecule has 1 aromatic rings. The van der Waals surface area contributed by atoms with E-state index in [1.54, 1.807) is 13.8 Å². The van der Waals surface area contributed by atoms with E-state index >= 15 is 0 Å². The van der Waals surface area contributed by atoms with Gasteiger partial charge in [0.05, 0.1) is 5.56 Å². The summed E-state index contributed by atoms with van der Waals surface area (Å²) in [4.78, 5) is 23.1. The highest BCUT2D eigenvalue weighted by molar-refractivity contribution is 5.86. The molecule has 24 heavy (non-hydrogen) atoms. The number of alkyl halides is 3. The molecule has 8 heteroatoms. The van der Waals surface area contributed by atoms with E-state index in [2.05, 4.69) is 5.32 Å². The fourth-order valence-corrected chi connectivity index (χ4v) is 2.13. The third-order valence-electron chi connectivity index (χ3n) is 3.31. The Bertz CT molecular complexity index is 587. The van der Waals surface area contributed by atoms with E-state index in [1.807, 2.05) is 0 Å². The number of carbonyl (C=O) groups is 2. The van der Waals surface area contributed by atoms with Gasteiger partial charge in [0.1, 0.15) is 12.1 Å². The Morgan fingerprint density at radius 2 is 1.88 bits per heavy atom. The molecular formula is C16H20F3NO4. The minimum absolute atomic E-state index is 0.0255. The maximum atomic E-state index is 12.7. The van der Waals surface area contributed by atoms with Gasteiger partial charge in [-0.2, -0.15) is 13.2 Å². The Labute approximate surface area is 137 Å². The number of carbonyl (C=O) groups excluding carboxylic acids is 1. The summed E-state index contributed by atoms with van der Waals surface area (Å²) in [5, 5.41) is 21.0. The average molecular weight is 347 g/mol. The molecular weight excluding hydrogens is 327 g/mol. The number of aliphatic hydroxyl groups is 1. The summed E-state index contributed by atoms with van der Waals surface area (Å²) in [7, 11) is 0. The lowest BCUT2D eigenvalue weighted by molar-refractivity contribution is -0.143. The van der Waals surface area contributed by atoms with Gasteiger partial charge in [0.2, 0.25) is 5.91 Å². The molecule has 0 aliphatic rings. The summed E-state index contributed by atoms with van der Waals surface area (Å²) in [5.74, 6) is -2.22. The van der Waals surface area contributed by atoms with Crippen molar-refractivity contribution in [3.63, 3.8) is 0 Å². The second-order valence-corrected chi connectivity index (χ2v) is 5.95. The number of carboxylic acids is 1. The molecule has 0 aliphatic heterocycles. The van der Waals surface area contributed by atoms with Gasteiger partial charge in [-0.25, -0.2) is 4.79 Å². The smallest absolute Gasteiger partial charge is 0.416 e. The third kappa shape index (κ3) is 6.19. The average Bonchev–Trinajstić information content (AvgIpc) is 2.45. The number of amides is 1. The van der Waals surface area contributed by atoms with Gasteiger partial charge in [-0.3, -0.25) is 4.79 Å².